The van der Waals surface area contributed by atoms with Gasteiger partial charge in [-0.15, -0.1) is 0 Å². The van der Waals surface area contributed by atoms with Crippen LogP contribution in [0.25, 0.3) is 0 Å². The summed E-state index contributed by atoms with van der Waals surface area (Å²) in [5.41, 5.74) is 7.44. The Bertz CT molecular complexity index is 1470. The molecule has 48 heavy (non-hydrogen) atoms. The van der Waals surface area contributed by atoms with Gasteiger partial charge < -0.3 is 19.6 Å². The Morgan fingerprint density at radius 3 is 0.854 bits per heavy atom. The number of nitrogens with zero attached hydrogens (tertiary/aromatic N) is 4. The maximum absolute atomic E-state index is 4.49. The quantitative estimate of drug-likeness (QED) is 0.0731. The van der Waals surface area contributed by atoms with Crippen LogP contribution in [0.15, 0.2) is 115 Å². The molecule has 5 aromatic carbocycles. The number of hydrogen-bond donors (Lipinski definition) is 0. The van der Waals surface area contributed by atoms with Crippen molar-refractivity contribution >= 4 is 69.3 Å². The van der Waals surface area contributed by atoms with Crippen LogP contribution < -0.4 is 40.8 Å². The minimum absolute atomic E-state index is 0.603. The van der Waals surface area contributed by atoms with E-state index in [1.807, 2.05) is 0 Å². The second-order valence-electron chi connectivity index (χ2n) is 12.5. The molecule has 0 aliphatic heterocycles. The molecule has 0 bridgehead atoms. The summed E-state index contributed by atoms with van der Waals surface area (Å²) in [7, 11) is 20.1. The van der Waals surface area contributed by atoms with E-state index >= 15 is 0 Å². The van der Waals surface area contributed by atoms with Crippen LogP contribution >= 0.6 is 25.4 Å². The normalized spacial score (nSPS) is 10.9. The van der Waals surface area contributed by atoms with Crippen LogP contribution in [-0.2, 0) is 30.5 Å². The summed E-state index contributed by atoms with van der Waals surface area (Å²) in [5, 5.41) is 5.56. The van der Waals surface area contributed by atoms with Gasteiger partial charge in [-0.05, 0) is 97.9 Å². The van der Waals surface area contributed by atoms with Crippen molar-refractivity contribution in [3.8, 4) is 0 Å². The molecule has 0 amide bonds. The molecule has 4 nitrogen and oxygen atoms in total. The molecule has 5 aromatic rings. The molecule has 0 aliphatic carbocycles. The summed E-state index contributed by atoms with van der Waals surface area (Å²) in [6.07, 6.45) is 1.91. The van der Waals surface area contributed by atoms with Gasteiger partial charge in [0.25, 0.3) is 0 Å². The second-order valence-corrected chi connectivity index (χ2v) is 16.9. The first-order valence-corrected chi connectivity index (χ1v) is 20.9. The van der Waals surface area contributed by atoms with E-state index in [-0.39, 0.29) is 0 Å². The van der Waals surface area contributed by atoms with E-state index in [9.17, 15) is 0 Å². The molecule has 0 fully saturated rings. The Morgan fingerprint density at radius 1 is 0.417 bits per heavy atom. The van der Waals surface area contributed by atoms with Crippen molar-refractivity contribution in [2.45, 2.75) is 12.3 Å². The molecule has 0 N–H and O–H groups in total. The zero-order valence-corrected chi connectivity index (χ0v) is 33.4. The average Bonchev–Trinajstić information content (AvgIpc) is 3.11. The van der Waals surface area contributed by atoms with Gasteiger partial charge in [-0.25, -0.2) is 0 Å². The van der Waals surface area contributed by atoms with Crippen molar-refractivity contribution in [1.82, 2.24) is 0 Å². The molecule has 0 spiro atoms. The fourth-order valence-electron chi connectivity index (χ4n) is 5.48. The van der Waals surface area contributed by atoms with Gasteiger partial charge in [0.2, 0.25) is 0 Å². The number of anilines is 4. The third-order valence-electron chi connectivity index (χ3n) is 8.28. The van der Waals surface area contributed by atoms with Gasteiger partial charge >= 0.3 is 27.7 Å². The van der Waals surface area contributed by atoms with Crippen LogP contribution in [0, 0.1) is 6.07 Å². The summed E-state index contributed by atoms with van der Waals surface area (Å²) >= 11 is 2.22. The molecule has 0 unspecified atom stereocenters. The predicted molar refractivity (Wildman–Crippen MR) is 214 cm³/mol. The van der Waals surface area contributed by atoms with Gasteiger partial charge in [-0.3, -0.25) is 0 Å². The van der Waals surface area contributed by atoms with Gasteiger partial charge in [0.05, 0.1) is 0 Å². The van der Waals surface area contributed by atoms with Crippen LogP contribution in [0.3, 0.4) is 0 Å². The Kier molecular flexibility index (Phi) is 14.4. The van der Waals surface area contributed by atoms with E-state index in [1.165, 1.54) is 55.1 Å². The standard InChI is InChI=1S/C40H47N4P2.ClH.Pd/c1-41(2)33-12-20-37(21-13-33)45(38-22-14-34(15-23-38)42(3)4)29-31-10-9-11-32(28-31)30-46(39-24-16-35(17-25-39)43(5)6)40-26-18-36(19-27-40)44(7)8;;/h9-27H,29-30H2,1-8H3;1H;/q-1;;+2/p-1. The fraction of sp³-hybridized carbons (Fsp3) is 0.250. The monoisotopic (exact) mass is 786 g/mol. The third-order valence-corrected chi connectivity index (χ3v) is 13.3. The Hall–Kier alpha value is -2.89. The molecule has 254 valence electrons. The van der Waals surface area contributed by atoms with Crippen molar-refractivity contribution in [3.05, 3.63) is 132 Å². The zero-order valence-electron chi connectivity index (χ0n) is 29.3. The molecule has 0 saturated heterocycles. The number of rotatable bonds is 12. The van der Waals surface area contributed by atoms with Crippen molar-refractivity contribution in [2.75, 3.05) is 76.0 Å². The number of halogens is 1. The molecule has 0 saturated carbocycles. The molecule has 0 aliphatic rings. The van der Waals surface area contributed by atoms with E-state index < -0.39 is 15.8 Å². The maximum atomic E-state index is 4.49. The van der Waals surface area contributed by atoms with Crippen molar-refractivity contribution in [3.63, 3.8) is 0 Å². The molecular weight excluding hydrogens is 740 g/mol. The molecule has 0 radical (unpaired) electrons. The van der Waals surface area contributed by atoms with Gasteiger partial charge in [-0.1, -0.05) is 48.5 Å². The molecule has 0 aromatic heterocycles. The molecule has 0 atom stereocenters. The fourth-order valence-corrected chi connectivity index (χ4v) is 9.89. The molecule has 0 heterocycles. The van der Waals surface area contributed by atoms with E-state index in [4.69, 9.17) is 0 Å². The van der Waals surface area contributed by atoms with Gasteiger partial charge in [0.15, 0.2) is 0 Å². The van der Waals surface area contributed by atoms with E-state index in [0.717, 1.165) is 12.3 Å². The molecule has 8 heteroatoms. The van der Waals surface area contributed by atoms with Crippen molar-refractivity contribution in [2.24, 2.45) is 0 Å². The summed E-state index contributed by atoms with van der Waals surface area (Å²) in [5.74, 6) is 0. The zero-order chi connectivity index (χ0) is 34.8. The average molecular weight is 788 g/mol. The predicted octanol–water partition coefficient (Wildman–Crippen LogP) is 7.70. The van der Waals surface area contributed by atoms with Gasteiger partial charge in [0.1, 0.15) is 0 Å². The van der Waals surface area contributed by atoms with E-state index in [2.05, 4.69) is 225 Å². The van der Waals surface area contributed by atoms with Gasteiger partial charge in [-0.2, -0.15) is 35.4 Å². The SMILES string of the molecule is CN(C)c1ccc(P(Cc2[c-]c(CP(c3ccc(N(C)C)cc3)c3ccc(N(C)C)cc3)ccc2)c2ccc(N(C)C)cc2)cc1.[Cl][Pd+]. The topological polar surface area (TPSA) is 13.0 Å². The molecule has 5 rings (SSSR count). The number of hydrogen-bond acceptors (Lipinski definition) is 4. The van der Waals surface area contributed by atoms with Crippen LogP contribution in [0.4, 0.5) is 22.7 Å². The number of benzene rings is 5. The summed E-state index contributed by atoms with van der Waals surface area (Å²) in [6.45, 7) is 0. The Morgan fingerprint density at radius 2 is 0.646 bits per heavy atom. The van der Waals surface area contributed by atoms with Crippen molar-refractivity contribution < 1.29 is 18.2 Å². The molecular formula is C40H47ClN4P2Pd. The van der Waals surface area contributed by atoms with E-state index in [1.54, 1.807) is 0 Å². The third kappa shape index (κ3) is 10.1. The second kappa shape index (κ2) is 18.2. The van der Waals surface area contributed by atoms with Crippen LogP contribution in [0.5, 0.6) is 0 Å². The van der Waals surface area contributed by atoms with Crippen molar-refractivity contribution in [1.29, 1.82) is 0 Å². The Labute approximate surface area is 306 Å². The summed E-state index contributed by atoms with van der Waals surface area (Å²) in [4.78, 5) is 8.65. The minimum atomic E-state index is -0.603. The Balaban J connectivity index is 0.00000255. The van der Waals surface area contributed by atoms with Crippen LogP contribution in [0.1, 0.15) is 11.1 Å². The first-order valence-electron chi connectivity index (χ1n) is 15.9. The van der Waals surface area contributed by atoms with E-state index in [0.29, 0.717) is 0 Å². The summed E-state index contributed by atoms with van der Waals surface area (Å²) in [6, 6.07) is 47.2. The van der Waals surface area contributed by atoms with Crippen LogP contribution in [-0.4, -0.2) is 56.4 Å². The summed E-state index contributed by atoms with van der Waals surface area (Å²) < 4.78 is 0. The first-order chi connectivity index (χ1) is 23.1. The van der Waals surface area contributed by atoms with Crippen LogP contribution in [0.2, 0.25) is 0 Å². The first kappa shape index (κ1) is 37.9. The van der Waals surface area contributed by atoms with Gasteiger partial charge in [0, 0.05) is 79.1 Å².